The van der Waals surface area contributed by atoms with Crippen molar-refractivity contribution in [3.63, 3.8) is 0 Å². The topological polar surface area (TPSA) is 29.5 Å². The summed E-state index contributed by atoms with van der Waals surface area (Å²) in [6.07, 6.45) is 7.97. The molecule has 0 amide bonds. The van der Waals surface area contributed by atoms with Crippen LogP contribution in [0.5, 0.6) is 0 Å². The second kappa shape index (κ2) is 4.15. The number of aliphatic hydroxyl groups excluding tert-OH is 1. The molecule has 3 atom stereocenters. The van der Waals surface area contributed by atoms with E-state index >= 15 is 0 Å². The Balaban J connectivity index is 1.96. The van der Waals surface area contributed by atoms with Crippen molar-refractivity contribution in [1.29, 1.82) is 0 Å². The van der Waals surface area contributed by atoms with Crippen LogP contribution in [0.3, 0.4) is 0 Å². The van der Waals surface area contributed by atoms with Crippen molar-refractivity contribution in [1.82, 2.24) is 0 Å². The molecule has 0 aromatic heterocycles. The van der Waals surface area contributed by atoms with Gasteiger partial charge in [-0.05, 0) is 36.0 Å². The van der Waals surface area contributed by atoms with Crippen LogP contribution in [0, 0.1) is 16.7 Å². The Morgan fingerprint density at radius 3 is 2.56 bits per heavy atom. The van der Waals surface area contributed by atoms with Crippen molar-refractivity contribution in [2.45, 2.75) is 46.1 Å². The van der Waals surface area contributed by atoms with Gasteiger partial charge in [0.2, 0.25) is 0 Å². The van der Waals surface area contributed by atoms with Crippen LogP contribution in [0.2, 0.25) is 0 Å². The maximum atomic E-state index is 8.65. The van der Waals surface area contributed by atoms with Gasteiger partial charge in [0.15, 0.2) is 0 Å². The Labute approximate surface area is 98.7 Å². The van der Waals surface area contributed by atoms with Gasteiger partial charge in [-0.2, -0.15) is 0 Å². The molecule has 0 heterocycles. The number of ether oxygens (including phenoxy) is 1. The highest BCUT2D eigenvalue weighted by atomic mass is 16.5. The highest BCUT2D eigenvalue weighted by Gasteiger charge is 2.61. The van der Waals surface area contributed by atoms with E-state index in [1.165, 1.54) is 19.3 Å². The maximum absolute atomic E-state index is 8.65. The molecule has 3 unspecified atom stereocenters. The second-order valence-corrected chi connectivity index (χ2v) is 6.09. The van der Waals surface area contributed by atoms with E-state index in [9.17, 15) is 0 Å². The molecular weight excluding hydrogens is 200 g/mol. The molecule has 2 saturated carbocycles. The SMILES string of the molecule is CC1(C)C2CCC1(C)C(OCC=CCO)C2. The van der Waals surface area contributed by atoms with E-state index in [1.807, 2.05) is 6.08 Å². The van der Waals surface area contributed by atoms with Gasteiger partial charge in [0.05, 0.1) is 19.3 Å². The quantitative estimate of drug-likeness (QED) is 0.744. The summed E-state index contributed by atoms with van der Waals surface area (Å²) in [6, 6.07) is 0. The summed E-state index contributed by atoms with van der Waals surface area (Å²) in [6.45, 7) is 7.94. The van der Waals surface area contributed by atoms with Crippen molar-refractivity contribution >= 4 is 0 Å². The molecule has 0 saturated heterocycles. The van der Waals surface area contributed by atoms with Crippen LogP contribution in [-0.4, -0.2) is 24.4 Å². The van der Waals surface area contributed by atoms with E-state index in [0.717, 1.165) is 5.92 Å². The average Bonchev–Trinajstić information content (AvgIpc) is 2.57. The number of hydrogen-bond acceptors (Lipinski definition) is 2. The van der Waals surface area contributed by atoms with E-state index in [1.54, 1.807) is 6.08 Å². The summed E-state index contributed by atoms with van der Waals surface area (Å²) in [5.41, 5.74) is 0.781. The lowest BCUT2D eigenvalue weighted by atomic mass is 9.70. The second-order valence-electron chi connectivity index (χ2n) is 6.09. The van der Waals surface area contributed by atoms with Crippen LogP contribution >= 0.6 is 0 Å². The van der Waals surface area contributed by atoms with E-state index in [2.05, 4.69) is 20.8 Å². The number of hydrogen-bond donors (Lipinski definition) is 1. The largest absolute Gasteiger partial charge is 0.392 e. The van der Waals surface area contributed by atoms with Gasteiger partial charge in [-0.3, -0.25) is 0 Å². The highest BCUT2D eigenvalue weighted by Crippen LogP contribution is 2.66. The van der Waals surface area contributed by atoms with Crippen molar-refractivity contribution < 1.29 is 9.84 Å². The Morgan fingerprint density at radius 1 is 1.31 bits per heavy atom. The summed E-state index contributed by atoms with van der Waals surface area (Å²) in [5.74, 6) is 0.837. The normalized spacial score (nSPS) is 41.0. The predicted molar refractivity (Wildman–Crippen MR) is 65.2 cm³/mol. The van der Waals surface area contributed by atoms with Gasteiger partial charge in [-0.15, -0.1) is 0 Å². The first-order valence-electron chi connectivity index (χ1n) is 6.40. The zero-order chi connectivity index (χ0) is 11.8. The monoisotopic (exact) mass is 224 g/mol. The molecule has 2 aliphatic carbocycles. The zero-order valence-corrected chi connectivity index (χ0v) is 10.7. The summed E-state index contributed by atoms with van der Waals surface area (Å²) >= 11 is 0. The summed E-state index contributed by atoms with van der Waals surface area (Å²) in [7, 11) is 0. The molecule has 1 N–H and O–H groups in total. The highest BCUT2D eigenvalue weighted by molar-refractivity contribution is 5.11. The fraction of sp³-hybridized carbons (Fsp3) is 0.857. The van der Waals surface area contributed by atoms with Gasteiger partial charge in [0, 0.05) is 0 Å². The van der Waals surface area contributed by atoms with Gasteiger partial charge >= 0.3 is 0 Å². The molecule has 92 valence electrons. The van der Waals surface area contributed by atoms with Gasteiger partial charge in [0.25, 0.3) is 0 Å². The van der Waals surface area contributed by atoms with E-state index in [-0.39, 0.29) is 6.61 Å². The molecule has 16 heavy (non-hydrogen) atoms. The van der Waals surface area contributed by atoms with Gasteiger partial charge in [-0.25, -0.2) is 0 Å². The van der Waals surface area contributed by atoms with Crippen molar-refractivity contribution in [3.8, 4) is 0 Å². The Morgan fingerprint density at radius 2 is 2.06 bits per heavy atom. The fourth-order valence-electron chi connectivity index (χ4n) is 3.70. The smallest absolute Gasteiger partial charge is 0.0652 e. The van der Waals surface area contributed by atoms with Gasteiger partial charge in [-0.1, -0.05) is 32.9 Å². The minimum atomic E-state index is 0.111. The zero-order valence-electron chi connectivity index (χ0n) is 10.7. The molecule has 2 heteroatoms. The van der Waals surface area contributed by atoms with Crippen molar-refractivity contribution in [2.24, 2.45) is 16.7 Å². The van der Waals surface area contributed by atoms with Crippen molar-refractivity contribution in [2.75, 3.05) is 13.2 Å². The molecule has 0 spiro atoms. The van der Waals surface area contributed by atoms with Crippen LogP contribution in [-0.2, 0) is 4.74 Å². The number of fused-ring (bicyclic) bond motifs is 2. The minimum Gasteiger partial charge on any atom is -0.392 e. The van der Waals surface area contributed by atoms with Crippen LogP contribution < -0.4 is 0 Å². The minimum absolute atomic E-state index is 0.111. The molecule has 2 fully saturated rings. The third-order valence-corrected chi connectivity index (χ3v) is 5.38. The first kappa shape index (κ1) is 12.1. The molecule has 2 nitrogen and oxygen atoms in total. The number of aliphatic hydroxyl groups is 1. The molecule has 0 aliphatic heterocycles. The molecule has 2 bridgehead atoms. The predicted octanol–water partition coefficient (Wildman–Crippen LogP) is 2.77. The Bertz CT molecular complexity index is 282. The van der Waals surface area contributed by atoms with Crippen LogP contribution in [0.25, 0.3) is 0 Å². The lowest BCUT2D eigenvalue weighted by Crippen LogP contribution is -2.37. The molecular formula is C14H24O2. The van der Waals surface area contributed by atoms with E-state index in [4.69, 9.17) is 9.84 Å². The summed E-state index contributed by atoms with van der Waals surface area (Å²) in [4.78, 5) is 0. The Kier molecular flexibility index (Phi) is 3.15. The Hall–Kier alpha value is -0.340. The number of rotatable bonds is 4. The molecule has 0 radical (unpaired) electrons. The van der Waals surface area contributed by atoms with Crippen LogP contribution in [0.4, 0.5) is 0 Å². The molecule has 0 aromatic rings. The lowest BCUT2D eigenvalue weighted by Gasteiger charge is -2.38. The molecule has 2 rings (SSSR count). The van der Waals surface area contributed by atoms with Gasteiger partial charge in [0.1, 0.15) is 0 Å². The average molecular weight is 224 g/mol. The van der Waals surface area contributed by atoms with E-state index < -0.39 is 0 Å². The summed E-state index contributed by atoms with van der Waals surface area (Å²) < 4.78 is 5.98. The third kappa shape index (κ3) is 1.63. The van der Waals surface area contributed by atoms with Crippen LogP contribution in [0.1, 0.15) is 40.0 Å². The van der Waals surface area contributed by atoms with E-state index in [0.29, 0.717) is 23.5 Å². The maximum Gasteiger partial charge on any atom is 0.0652 e. The molecule has 0 aromatic carbocycles. The standard InChI is InChI=1S/C14H24O2/c1-13(2)11-6-7-14(13,3)12(10-11)16-9-5-4-8-15/h4-5,11-12,15H,6-10H2,1-3H3. The van der Waals surface area contributed by atoms with Gasteiger partial charge < -0.3 is 9.84 Å². The molecule has 2 aliphatic rings. The lowest BCUT2D eigenvalue weighted by molar-refractivity contribution is -0.0353. The van der Waals surface area contributed by atoms with Crippen molar-refractivity contribution in [3.05, 3.63) is 12.2 Å². The third-order valence-electron chi connectivity index (χ3n) is 5.38. The first-order chi connectivity index (χ1) is 7.52. The fourth-order valence-corrected chi connectivity index (χ4v) is 3.70. The summed E-state index contributed by atoms with van der Waals surface area (Å²) in [5, 5.41) is 8.65. The first-order valence-corrected chi connectivity index (χ1v) is 6.40. The van der Waals surface area contributed by atoms with Crippen LogP contribution in [0.15, 0.2) is 12.2 Å².